The van der Waals surface area contributed by atoms with Gasteiger partial charge < -0.3 is 15.4 Å². The summed E-state index contributed by atoms with van der Waals surface area (Å²) in [5.74, 6) is 0.668. The normalized spacial score (nSPS) is 18.5. The number of rotatable bonds is 5. The van der Waals surface area contributed by atoms with Crippen LogP contribution in [0.3, 0.4) is 0 Å². The van der Waals surface area contributed by atoms with E-state index in [4.69, 9.17) is 4.74 Å². The Bertz CT molecular complexity index is 501. The maximum Gasteiger partial charge on any atom is 0.413 e. The number of nitrogens with one attached hydrogen (secondary N) is 3. The van der Waals surface area contributed by atoms with Crippen LogP contribution in [0.2, 0.25) is 0 Å². The molecule has 2 rings (SSSR count). The number of nitrogens with zero attached hydrogens (tertiary/aromatic N) is 2. The van der Waals surface area contributed by atoms with Crippen LogP contribution in [0.5, 0.6) is 0 Å². The zero-order valence-corrected chi connectivity index (χ0v) is 13.9. The van der Waals surface area contributed by atoms with Crippen molar-refractivity contribution in [2.75, 3.05) is 18.4 Å². The molecular weight excluding hydrogens is 282 g/mol. The Kier molecular flexibility index (Phi) is 5.42. The van der Waals surface area contributed by atoms with Gasteiger partial charge in [-0.25, -0.2) is 4.79 Å². The molecule has 1 saturated heterocycles. The zero-order valence-electron chi connectivity index (χ0n) is 13.9. The first kappa shape index (κ1) is 16.8. The molecule has 1 aliphatic rings. The predicted octanol–water partition coefficient (Wildman–Crippen LogP) is 1.61. The van der Waals surface area contributed by atoms with Crippen molar-refractivity contribution in [3.05, 3.63) is 11.8 Å². The molecule has 2 heterocycles. The molecule has 124 valence electrons. The monoisotopic (exact) mass is 309 g/mol. The molecule has 1 amide bonds. The maximum absolute atomic E-state index is 11.9. The number of hydrogen-bond acceptors (Lipinski definition) is 5. The van der Waals surface area contributed by atoms with Crippen LogP contribution >= 0.6 is 0 Å². The van der Waals surface area contributed by atoms with Gasteiger partial charge in [-0.15, -0.1) is 0 Å². The summed E-state index contributed by atoms with van der Waals surface area (Å²) in [7, 11) is 1.80. The van der Waals surface area contributed by atoms with Crippen molar-refractivity contribution in [3.8, 4) is 0 Å². The molecular formula is C15H27N5O2. The Morgan fingerprint density at radius 1 is 1.55 bits per heavy atom. The Labute approximate surface area is 131 Å². The van der Waals surface area contributed by atoms with Crippen molar-refractivity contribution in [1.29, 1.82) is 0 Å². The highest BCUT2D eigenvalue weighted by atomic mass is 16.6. The Hall–Kier alpha value is -1.60. The fourth-order valence-corrected chi connectivity index (χ4v) is 2.49. The van der Waals surface area contributed by atoms with E-state index in [1.54, 1.807) is 17.9 Å². The molecule has 0 aromatic carbocycles. The van der Waals surface area contributed by atoms with Crippen LogP contribution in [0.4, 0.5) is 10.6 Å². The third-order valence-electron chi connectivity index (χ3n) is 3.50. The van der Waals surface area contributed by atoms with E-state index in [9.17, 15) is 4.79 Å². The fourth-order valence-electron chi connectivity index (χ4n) is 2.49. The SMILES string of the molecule is Cn1ncc(CNCC2CCCN2)c1NC(=O)OC(C)(C)C. The van der Waals surface area contributed by atoms with Crippen LogP contribution in [-0.2, 0) is 18.3 Å². The van der Waals surface area contributed by atoms with E-state index in [2.05, 4.69) is 21.0 Å². The Morgan fingerprint density at radius 3 is 2.95 bits per heavy atom. The molecule has 0 saturated carbocycles. The molecule has 1 atom stereocenters. The van der Waals surface area contributed by atoms with Gasteiger partial charge in [-0.2, -0.15) is 5.10 Å². The quantitative estimate of drug-likeness (QED) is 0.770. The highest BCUT2D eigenvalue weighted by Crippen LogP contribution is 2.16. The lowest BCUT2D eigenvalue weighted by Gasteiger charge is -2.20. The predicted molar refractivity (Wildman–Crippen MR) is 85.8 cm³/mol. The second kappa shape index (κ2) is 7.11. The van der Waals surface area contributed by atoms with Gasteiger partial charge in [0.25, 0.3) is 0 Å². The van der Waals surface area contributed by atoms with E-state index in [-0.39, 0.29) is 0 Å². The molecule has 1 aromatic heterocycles. The lowest BCUT2D eigenvalue weighted by molar-refractivity contribution is 0.0634. The second-order valence-corrected chi connectivity index (χ2v) is 6.69. The highest BCUT2D eigenvalue weighted by molar-refractivity contribution is 5.84. The van der Waals surface area contributed by atoms with Crippen molar-refractivity contribution in [3.63, 3.8) is 0 Å². The molecule has 0 aliphatic carbocycles. The number of hydrogen-bond donors (Lipinski definition) is 3. The van der Waals surface area contributed by atoms with Crippen LogP contribution in [0.15, 0.2) is 6.20 Å². The minimum Gasteiger partial charge on any atom is -0.444 e. The lowest BCUT2D eigenvalue weighted by Crippen LogP contribution is -2.33. The van der Waals surface area contributed by atoms with Gasteiger partial charge in [-0.05, 0) is 40.2 Å². The average Bonchev–Trinajstić information content (AvgIpc) is 3.01. The van der Waals surface area contributed by atoms with E-state index in [1.165, 1.54) is 12.8 Å². The van der Waals surface area contributed by atoms with Gasteiger partial charge in [0.1, 0.15) is 11.4 Å². The number of aryl methyl sites for hydroxylation is 1. The van der Waals surface area contributed by atoms with Crippen LogP contribution in [0, 0.1) is 0 Å². The third-order valence-corrected chi connectivity index (χ3v) is 3.50. The standard InChI is InChI=1S/C15H27N5O2/c1-15(2,3)22-14(21)19-13-11(9-18-20(13)4)8-16-10-12-6-5-7-17-12/h9,12,16-17H,5-8,10H2,1-4H3,(H,19,21). The van der Waals surface area contributed by atoms with Gasteiger partial charge in [0.05, 0.1) is 6.20 Å². The van der Waals surface area contributed by atoms with E-state index in [1.807, 2.05) is 20.8 Å². The molecule has 1 fully saturated rings. The van der Waals surface area contributed by atoms with Gasteiger partial charge in [-0.1, -0.05) is 0 Å². The van der Waals surface area contributed by atoms with E-state index in [0.29, 0.717) is 18.4 Å². The summed E-state index contributed by atoms with van der Waals surface area (Å²) in [6.45, 7) is 8.20. The summed E-state index contributed by atoms with van der Waals surface area (Å²) < 4.78 is 6.93. The zero-order chi connectivity index (χ0) is 16.2. The number of ether oxygens (including phenoxy) is 1. The molecule has 7 nitrogen and oxygen atoms in total. The maximum atomic E-state index is 11.9. The van der Waals surface area contributed by atoms with E-state index < -0.39 is 11.7 Å². The number of aromatic nitrogens is 2. The summed E-state index contributed by atoms with van der Waals surface area (Å²) in [6.07, 6.45) is 3.75. The summed E-state index contributed by atoms with van der Waals surface area (Å²) in [6, 6.07) is 0.541. The molecule has 1 aliphatic heterocycles. The molecule has 22 heavy (non-hydrogen) atoms. The Balaban J connectivity index is 1.88. The van der Waals surface area contributed by atoms with Gasteiger partial charge in [0, 0.05) is 31.7 Å². The summed E-state index contributed by atoms with van der Waals surface area (Å²) in [5, 5.41) is 13.8. The summed E-state index contributed by atoms with van der Waals surface area (Å²) >= 11 is 0. The molecule has 3 N–H and O–H groups in total. The van der Waals surface area contributed by atoms with Gasteiger partial charge in [0.2, 0.25) is 0 Å². The smallest absolute Gasteiger partial charge is 0.413 e. The van der Waals surface area contributed by atoms with E-state index >= 15 is 0 Å². The van der Waals surface area contributed by atoms with Crippen molar-refractivity contribution in [2.24, 2.45) is 7.05 Å². The van der Waals surface area contributed by atoms with Gasteiger partial charge >= 0.3 is 6.09 Å². The summed E-state index contributed by atoms with van der Waals surface area (Å²) in [5.41, 5.74) is 0.432. The first-order valence-corrected chi connectivity index (χ1v) is 7.80. The first-order chi connectivity index (χ1) is 10.3. The third kappa shape index (κ3) is 4.99. The van der Waals surface area contributed by atoms with Crippen LogP contribution in [0.25, 0.3) is 0 Å². The Morgan fingerprint density at radius 2 is 2.32 bits per heavy atom. The van der Waals surface area contributed by atoms with Crippen molar-refractivity contribution >= 4 is 11.9 Å². The highest BCUT2D eigenvalue weighted by Gasteiger charge is 2.19. The molecule has 1 unspecified atom stereocenters. The van der Waals surface area contributed by atoms with Crippen molar-refractivity contribution in [1.82, 2.24) is 20.4 Å². The molecule has 0 bridgehead atoms. The van der Waals surface area contributed by atoms with Crippen LogP contribution < -0.4 is 16.0 Å². The van der Waals surface area contributed by atoms with Crippen LogP contribution in [0.1, 0.15) is 39.2 Å². The number of amides is 1. The molecule has 0 spiro atoms. The van der Waals surface area contributed by atoms with Crippen molar-refractivity contribution in [2.45, 2.75) is 51.8 Å². The molecule has 1 aromatic rings. The number of carbonyl (C=O) groups is 1. The largest absolute Gasteiger partial charge is 0.444 e. The average molecular weight is 309 g/mol. The first-order valence-electron chi connectivity index (χ1n) is 7.80. The second-order valence-electron chi connectivity index (χ2n) is 6.69. The lowest BCUT2D eigenvalue weighted by atomic mass is 10.2. The van der Waals surface area contributed by atoms with Crippen molar-refractivity contribution < 1.29 is 9.53 Å². The van der Waals surface area contributed by atoms with E-state index in [0.717, 1.165) is 18.7 Å². The topological polar surface area (TPSA) is 80.2 Å². The molecule has 7 heteroatoms. The van der Waals surface area contributed by atoms with Crippen LogP contribution in [-0.4, -0.2) is 40.6 Å². The van der Waals surface area contributed by atoms with Gasteiger partial charge in [0.15, 0.2) is 0 Å². The number of anilines is 1. The summed E-state index contributed by atoms with van der Waals surface area (Å²) in [4.78, 5) is 11.9. The van der Waals surface area contributed by atoms with Gasteiger partial charge in [-0.3, -0.25) is 10.00 Å². The number of carbonyl (C=O) groups excluding carboxylic acids is 1. The molecule has 0 radical (unpaired) electrons. The fraction of sp³-hybridized carbons (Fsp3) is 0.733. The minimum atomic E-state index is -0.519. The minimum absolute atomic E-state index is 0.463.